The van der Waals surface area contributed by atoms with Crippen molar-refractivity contribution in [1.29, 1.82) is 0 Å². The lowest BCUT2D eigenvalue weighted by molar-refractivity contribution is 0.0272. The number of ether oxygens (including phenoxy) is 1. The van der Waals surface area contributed by atoms with E-state index in [1.54, 1.807) is 0 Å². The van der Waals surface area contributed by atoms with E-state index in [0.717, 1.165) is 40.9 Å². The quantitative estimate of drug-likeness (QED) is 0.793. The molecule has 4 atom stereocenters. The standard InChI is InChI=1S/C22H26N4OS/c23-21-17-3-1-2-4-18(17)27-22(21)9-15-7-8-16(10-22)26(15)19-11-25-20(12-24-19)28-13-14-5-6-14/h1-4,11-12,14-16,21H,5-10,13,23H2/t15-,16?,21+,22-/m0/s1. The second-order valence-corrected chi connectivity index (χ2v) is 9.89. The summed E-state index contributed by atoms with van der Waals surface area (Å²) in [6, 6.07) is 9.09. The van der Waals surface area contributed by atoms with Crippen LogP contribution in [0, 0.1) is 5.92 Å². The van der Waals surface area contributed by atoms with Crippen LogP contribution < -0.4 is 15.4 Å². The number of nitrogens with two attached hydrogens (primary N) is 1. The Hall–Kier alpha value is -1.79. The molecule has 0 amide bonds. The number of piperidine rings is 1. The molecule has 146 valence electrons. The zero-order valence-electron chi connectivity index (χ0n) is 16.0. The van der Waals surface area contributed by atoms with Gasteiger partial charge in [-0.05, 0) is 37.7 Å². The summed E-state index contributed by atoms with van der Waals surface area (Å²) in [6.45, 7) is 0. The first-order valence-corrected chi connectivity index (χ1v) is 11.5. The van der Waals surface area contributed by atoms with Gasteiger partial charge in [-0.25, -0.2) is 9.97 Å². The Balaban J connectivity index is 1.21. The van der Waals surface area contributed by atoms with E-state index in [-0.39, 0.29) is 11.6 Å². The number of anilines is 1. The first-order chi connectivity index (χ1) is 13.7. The summed E-state index contributed by atoms with van der Waals surface area (Å²) >= 11 is 1.84. The Morgan fingerprint density at radius 1 is 1.07 bits per heavy atom. The predicted molar refractivity (Wildman–Crippen MR) is 111 cm³/mol. The lowest BCUT2D eigenvalue weighted by Crippen LogP contribution is -2.56. The highest BCUT2D eigenvalue weighted by Gasteiger charge is 2.56. The molecule has 4 aliphatic rings. The van der Waals surface area contributed by atoms with Crippen molar-refractivity contribution in [3.63, 3.8) is 0 Å². The maximum atomic E-state index is 6.70. The van der Waals surface area contributed by atoms with Crippen LogP contribution in [0.15, 0.2) is 41.7 Å². The molecular formula is C22H26N4OS. The Kier molecular flexibility index (Phi) is 3.88. The number of rotatable bonds is 4. The number of thioether (sulfide) groups is 1. The van der Waals surface area contributed by atoms with Gasteiger partial charge in [-0.1, -0.05) is 18.2 Å². The monoisotopic (exact) mass is 394 g/mol. The van der Waals surface area contributed by atoms with Crippen LogP contribution in [0.25, 0.3) is 0 Å². The molecule has 1 aliphatic carbocycles. The molecule has 2 bridgehead atoms. The van der Waals surface area contributed by atoms with E-state index in [0.29, 0.717) is 12.1 Å². The van der Waals surface area contributed by atoms with Crippen LogP contribution in [-0.4, -0.2) is 33.4 Å². The third-order valence-electron chi connectivity index (χ3n) is 6.96. The molecule has 1 unspecified atom stereocenters. The summed E-state index contributed by atoms with van der Waals surface area (Å²) < 4.78 is 6.50. The third-order valence-corrected chi connectivity index (χ3v) is 8.10. The van der Waals surface area contributed by atoms with Gasteiger partial charge in [0.25, 0.3) is 0 Å². The van der Waals surface area contributed by atoms with E-state index < -0.39 is 0 Å². The van der Waals surface area contributed by atoms with Gasteiger partial charge in [0.1, 0.15) is 22.2 Å². The number of nitrogens with zero attached hydrogens (tertiary/aromatic N) is 3. The van der Waals surface area contributed by atoms with Gasteiger partial charge in [0.05, 0.1) is 18.4 Å². The molecule has 6 rings (SSSR count). The van der Waals surface area contributed by atoms with Crippen LogP contribution in [0.4, 0.5) is 5.82 Å². The molecule has 1 aromatic heterocycles. The Labute approximate surface area is 170 Å². The normalized spacial score (nSPS) is 33.2. The number of aromatic nitrogens is 2. The molecule has 2 N–H and O–H groups in total. The maximum absolute atomic E-state index is 6.70. The lowest BCUT2D eigenvalue weighted by atomic mass is 9.79. The van der Waals surface area contributed by atoms with E-state index in [1.165, 1.54) is 31.4 Å². The fourth-order valence-electron chi connectivity index (χ4n) is 5.36. The van der Waals surface area contributed by atoms with E-state index in [1.807, 2.05) is 30.2 Å². The van der Waals surface area contributed by atoms with Gasteiger partial charge in [0.15, 0.2) is 0 Å². The molecule has 2 aromatic rings. The number of hydrogen-bond acceptors (Lipinski definition) is 6. The predicted octanol–water partition coefficient (Wildman–Crippen LogP) is 3.94. The Bertz CT molecular complexity index is 870. The largest absolute Gasteiger partial charge is 0.485 e. The van der Waals surface area contributed by atoms with Crippen molar-refractivity contribution in [2.24, 2.45) is 11.7 Å². The molecule has 1 spiro atoms. The smallest absolute Gasteiger partial charge is 0.147 e. The zero-order valence-corrected chi connectivity index (χ0v) is 16.8. The van der Waals surface area contributed by atoms with Crippen LogP contribution in [0.3, 0.4) is 0 Å². The Morgan fingerprint density at radius 3 is 2.54 bits per heavy atom. The number of benzene rings is 1. The second kappa shape index (κ2) is 6.36. The number of para-hydroxylation sites is 1. The minimum absolute atomic E-state index is 0.0405. The molecule has 6 heteroatoms. The molecule has 1 saturated carbocycles. The van der Waals surface area contributed by atoms with Gasteiger partial charge < -0.3 is 15.4 Å². The minimum Gasteiger partial charge on any atom is -0.485 e. The topological polar surface area (TPSA) is 64.3 Å². The van der Waals surface area contributed by atoms with Crippen molar-refractivity contribution in [2.75, 3.05) is 10.7 Å². The molecular weight excluding hydrogens is 368 g/mol. The van der Waals surface area contributed by atoms with Crippen LogP contribution in [-0.2, 0) is 0 Å². The molecule has 2 saturated heterocycles. The summed E-state index contributed by atoms with van der Waals surface area (Å²) in [7, 11) is 0. The Morgan fingerprint density at radius 2 is 1.86 bits per heavy atom. The average molecular weight is 395 g/mol. The van der Waals surface area contributed by atoms with E-state index in [9.17, 15) is 0 Å². The summed E-state index contributed by atoms with van der Waals surface area (Å²) in [5, 5.41) is 1.05. The van der Waals surface area contributed by atoms with Crippen molar-refractivity contribution in [1.82, 2.24) is 9.97 Å². The average Bonchev–Trinajstić information content (AvgIpc) is 3.46. The summed E-state index contributed by atoms with van der Waals surface area (Å²) in [4.78, 5) is 12.0. The minimum atomic E-state index is -0.264. The fraction of sp³-hybridized carbons (Fsp3) is 0.545. The first kappa shape index (κ1) is 17.1. The van der Waals surface area contributed by atoms with Gasteiger partial charge in [0, 0.05) is 36.2 Å². The van der Waals surface area contributed by atoms with E-state index in [2.05, 4.69) is 28.1 Å². The van der Waals surface area contributed by atoms with Crippen LogP contribution >= 0.6 is 11.8 Å². The SMILES string of the molecule is N[C@@H]1c2ccccc2O[C@@]12CC1CC[C@@H](C2)N1c1cnc(SCC2CC2)cn1. The molecule has 28 heavy (non-hydrogen) atoms. The highest BCUT2D eigenvalue weighted by molar-refractivity contribution is 7.99. The first-order valence-electron chi connectivity index (χ1n) is 10.5. The van der Waals surface area contributed by atoms with Gasteiger partial charge in [-0.2, -0.15) is 0 Å². The highest BCUT2D eigenvalue weighted by Crippen LogP contribution is 2.53. The molecule has 0 radical (unpaired) electrons. The molecule has 3 aliphatic heterocycles. The van der Waals surface area contributed by atoms with Crippen molar-refractivity contribution in [3.8, 4) is 5.75 Å². The molecule has 1 aromatic carbocycles. The molecule has 4 heterocycles. The van der Waals surface area contributed by atoms with Crippen LogP contribution in [0.5, 0.6) is 5.75 Å². The summed E-state index contributed by atoms with van der Waals surface area (Å²) in [6.07, 6.45) is 11.0. The van der Waals surface area contributed by atoms with Gasteiger partial charge in [-0.15, -0.1) is 11.8 Å². The van der Waals surface area contributed by atoms with Gasteiger partial charge >= 0.3 is 0 Å². The number of fused-ring (bicyclic) bond motifs is 3. The lowest BCUT2D eigenvalue weighted by Gasteiger charge is -2.46. The third kappa shape index (κ3) is 2.72. The van der Waals surface area contributed by atoms with E-state index >= 15 is 0 Å². The van der Waals surface area contributed by atoms with Crippen LogP contribution in [0.2, 0.25) is 0 Å². The van der Waals surface area contributed by atoms with Gasteiger partial charge in [-0.3, -0.25) is 0 Å². The van der Waals surface area contributed by atoms with Crippen LogP contribution in [0.1, 0.15) is 50.1 Å². The summed E-state index contributed by atoms with van der Waals surface area (Å²) in [5.74, 6) is 4.07. The second-order valence-electron chi connectivity index (χ2n) is 8.85. The molecule has 3 fully saturated rings. The van der Waals surface area contributed by atoms with Crippen molar-refractivity contribution >= 4 is 17.6 Å². The maximum Gasteiger partial charge on any atom is 0.147 e. The highest BCUT2D eigenvalue weighted by atomic mass is 32.2. The molecule has 5 nitrogen and oxygen atoms in total. The zero-order chi connectivity index (χ0) is 18.7. The fourth-order valence-corrected chi connectivity index (χ4v) is 6.35. The van der Waals surface area contributed by atoms with Crippen molar-refractivity contribution < 1.29 is 4.74 Å². The van der Waals surface area contributed by atoms with E-state index in [4.69, 9.17) is 15.5 Å². The van der Waals surface area contributed by atoms with Crippen molar-refractivity contribution in [2.45, 2.75) is 67.3 Å². The number of hydrogen-bond donors (Lipinski definition) is 1. The van der Waals surface area contributed by atoms with Gasteiger partial charge in [0.2, 0.25) is 0 Å². The van der Waals surface area contributed by atoms with Crippen molar-refractivity contribution in [3.05, 3.63) is 42.2 Å². The summed E-state index contributed by atoms with van der Waals surface area (Å²) in [5.41, 5.74) is 7.60.